The molecular weight excluding hydrogens is 294 g/mol. The summed E-state index contributed by atoms with van der Waals surface area (Å²) >= 11 is 5.85. The Labute approximate surface area is 129 Å². The van der Waals surface area contributed by atoms with Crippen LogP contribution in [-0.2, 0) is 9.59 Å². The van der Waals surface area contributed by atoms with Crippen molar-refractivity contribution < 1.29 is 19.4 Å². The fourth-order valence-electron chi connectivity index (χ4n) is 1.77. The zero-order valence-corrected chi connectivity index (χ0v) is 13.3. The largest absolute Gasteiger partial charge is 0.481 e. The minimum atomic E-state index is -1.06. The maximum atomic E-state index is 12.0. The molecule has 0 fully saturated rings. The maximum Gasteiger partial charge on any atom is 0.326 e. The Hall–Kier alpha value is -1.75. The summed E-state index contributed by atoms with van der Waals surface area (Å²) in [6.45, 7) is 6.85. The Morgan fingerprint density at radius 2 is 1.90 bits per heavy atom. The van der Waals surface area contributed by atoms with Crippen molar-refractivity contribution in [2.45, 2.75) is 39.8 Å². The van der Waals surface area contributed by atoms with E-state index in [9.17, 15) is 9.59 Å². The normalized spacial score (nSPS) is 13.6. The first-order valence-electron chi connectivity index (χ1n) is 6.68. The van der Waals surface area contributed by atoms with E-state index in [1.54, 1.807) is 39.0 Å². The summed E-state index contributed by atoms with van der Waals surface area (Å²) < 4.78 is 5.56. The number of hydrogen-bond acceptors (Lipinski definition) is 3. The zero-order chi connectivity index (χ0) is 16.2. The predicted octanol–water partition coefficient (Wildman–Crippen LogP) is 2.64. The molecule has 0 heterocycles. The number of benzene rings is 1. The average molecular weight is 314 g/mol. The molecule has 2 N–H and O–H groups in total. The van der Waals surface area contributed by atoms with Gasteiger partial charge in [0, 0.05) is 5.02 Å². The minimum absolute atomic E-state index is 0.212. The molecule has 21 heavy (non-hydrogen) atoms. The fourth-order valence-corrected chi connectivity index (χ4v) is 2.00. The van der Waals surface area contributed by atoms with E-state index in [4.69, 9.17) is 21.4 Å². The summed E-state index contributed by atoms with van der Waals surface area (Å²) in [7, 11) is 0. The Balaban J connectivity index is 2.72. The van der Waals surface area contributed by atoms with Gasteiger partial charge in [0.1, 0.15) is 11.8 Å². The second kappa shape index (κ2) is 7.31. The topological polar surface area (TPSA) is 75.6 Å². The average Bonchev–Trinajstić information content (AvgIpc) is 2.37. The van der Waals surface area contributed by atoms with Gasteiger partial charge in [0.15, 0.2) is 6.10 Å². The number of aliphatic carboxylic acids is 1. The quantitative estimate of drug-likeness (QED) is 0.846. The van der Waals surface area contributed by atoms with E-state index in [0.29, 0.717) is 10.8 Å². The van der Waals surface area contributed by atoms with Crippen LogP contribution < -0.4 is 10.1 Å². The monoisotopic (exact) mass is 313 g/mol. The fraction of sp³-hybridized carbons (Fsp3) is 0.467. The first-order valence-corrected chi connectivity index (χ1v) is 7.06. The van der Waals surface area contributed by atoms with Crippen molar-refractivity contribution in [1.82, 2.24) is 5.32 Å². The van der Waals surface area contributed by atoms with E-state index in [2.05, 4.69) is 5.32 Å². The molecule has 116 valence electrons. The van der Waals surface area contributed by atoms with E-state index in [-0.39, 0.29) is 5.92 Å². The number of carboxylic acid groups (broad SMARTS) is 1. The van der Waals surface area contributed by atoms with Crippen molar-refractivity contribution in [3.63, 3.8) is 0 Å². The SMILES string of the molecule is Cc1cc(Cl)ccc1OC(C)C(=O)NC(C(=O)O)C(C)C. The molecule has 1 rings (SSSR count). The third kappa shape index (κ3) is 4.93. The lowest BCUT2D eigenvalue weighted by molar-refractivity contribution is -0.144. The van der Waals surface area contributed by atoms with Gasteiger partial charge in [-0.3, -0.25) is 4.79 Å². The van der Waals surface area contributed by atoms with Crippen LogP contribution in [0, 0.1) is 12.8 Å². The molecule has 2 unspecified atom stereocenters. The number of halogens is 1. The second-order valence-corrected chi connectivity index (χ2v) is 5.67. The van der Waals surface area contributed by atoms with Crippen LogP contribution in [-0.4, -0.2) is 29.1 Å². The number of hydrogen-bond donors (Lipinski definition) is 2. The van der Waals surface area contributed by atoms with Crippen LogP contribution in [0.25, 0.3) is 0 Å². The lowest BCUT2D eigenvalue weighted by Gasteiger charge is -2.21. The van der Waals surface area contributed by atoms with Crippen LogP contribution >= 0.6 is 11.6 Å². The molecule has 0 spiro atoms. The van der Waals surface area contributed by atoms with Gasteiger partial charge in [0.25, 0.3) is 5.91 Å². The Morgan fingerprint density at radius 3 is 2.38 bits per heavy atom. The molecule has 1 amide bonds. The van der Waals surface area contributed by atoms with Gasteiger partial charge in [-0.2, -0.15) is 0 Å². The van der Waals surface area contributed by atoms with Crippen molar-refractivity contribution in [1.29, 1.82) is 0 Å². The van der Waals surface area contributed by atoms with Gasteiger partial charge in [-0.25, -0.2) is 4.79 Å². The summed E-state index contributed by atoms with van der Waals surface area (Å²) in [6.07, 6.45) is -0.800. The lowest BCUT2D eigenvalue weighted by atomic mass is 10.0. The zero-order valence-electron chi connectivity index (χ0n) is 12.5. The standard InChI is InChI=1S/C15H20ClNO4/c1-8(2)13(15(19)20)17-14(18)10(4)21-12-6-5-11(16)7-9(12)3/h5-8,10,13H,1-4H3,(H,17,18)(H,19,20). The number of carbonyl (C=O) groups is 2. The van der Waals surface area contributed by atoms with Crippen molar-refractivity contribution in [3.05, 3.63) is 28.8 Å². The van der Waals surface area contributed by atoms with Gasteiger partial charge in [-0.1, -0.05) is 25.4 Å². The number of aryl methyl sites for hydroxylation is 1. The van der Waals surface area contributed by atoms with Crippen molar-refractivity contribution >= 4 is 23.5 Å². The summed E-state index contributed by atoms with van der Waals surface area (Å²) in [5.41, 5.74) is 0.806. The smallest absolute Gasteiger partial charge is 0.326 e. The molecule has 2 atom stereocenters. The Bertz CT molecular complexity index is 530. The van der Waals surface area contributed by atoms with Crippen molar-refractivity contribution in [2.24, 2.45) is 5.92 Å². The third-order valence-electron chi connectivity index (χ3n) is 3.04. The first-order chi connectivity index (χ1) is 9.72. The van der Waals surface area contributed by atoms with E-state index < -0.39 is 24.0 Å². The van der Waals surface area contributed by atoms with Gasteiger partial charge in [-0.05, 0) is 43.5 Å². The summed E-state index contributed by atoms with van der Waals surface area (Å²) in [4.78, 5) is 23.1. The highest BCUT2D eigenvalue weighted by Crippen LogP contribution is 2.22. The van der Waals surface area contributed by atoms with Crippen LogP contribution in [0.1, 0.15) is 26.3 Å². The molecule has 6 heteroatoms. The number of amides is 1. The minimum Gasteiger partial charge on any atom is -0.481 e. The number of ether oxygens (including phenoxy) is 1. The maximum absolute atomic E-state index is 12.0. The van der Waals surface area contributed by atoms with E-state index >= 15 is 0 Å². The van der Waals surface area contributed by atoms with Crippen LogP contribution in [0.2, 0.25) is 5.02 Å². The summed E-state index contributed by atoms with van der Waals surface area (Å²) in [5, 5.41) is 12.1. The van der Waals surface area contributed by atoms with Gasteiger partial charge < -0.3 is 15.2 Å². The van der Waals surface area contributed by atoms with Gasteiger partial charge in [-0.15, -0.1) is 0 Å². The first kappa shape index (κ1) is 17.3. The lowest BCUT2D eigenvalue weighted by Crippen LogP contribution is -2.48. The molecule has 0 aromatic heterocycles. The van der Waals surface area contributed by atoms with Gasteiger partial charge >= 0.3 is 5.97 Å². The molecular formula is C15H20ClNO4. The third-order valence-corrected chi connectivity index (χ3v) is 3.28. The number of carbonyl (C=O) groups excluding carboxylic acids is 1. The highest BCUT2D eigenvalue weighted by atomic mass is 35.5. The van der Waals surface area contributed by atoms with Crippen LogP contribution in [0.4, 0.5) is 0 Å². The number of rotatable bonds is 6. The van der Waals surface area contributed by atoms with Crippen LogP contribution in [0.3, 0.4) is 0 Å². The summed E-state index contributed by atoms with van der Waals surface area (Å²) in [5.74, 6) is -1.20. The molecule has 0 aliphatic carbocycles. The molecule has 5 nitrogen and oxygen atoms in total. The highest BCUT2D eigenvalue weighted by molar-refractivity contribution is 6.30. The van der Waals surface area contributed by atoms with Crippen molar-refractivity contribution in [2.75, 3.05) is 0 Å². The molecule has 0 saturated carbocycles. The predicted molar refractivity (Wildman–Crippen MR) is 80.7 cm³/mol. The van der Waals surface area contributed by atoms with Crippen LogP contribution in [0.15, 0.2) is 18.2 Å². The van der Waals surface area contributed by atoms with E-state index in [0.717, 1.165) is 5.56 Å². The molecule has 1 aromatic rings. The number of nitrogens with one attached hydrogen (secondary N) is 1. The molecule has 0 radical (unpaired) electrons. The van der Waals surface area contributed by atoms with Gasteiger partial charge in [0.05, 0.1) is 0 Å². The van der Waals surface area contributed by atoms with E-state index in [1.807, 2.05) is 6.92 Å². The van der Waals surface area contributed by atoms with Gasteiger partial charge in [0.2, 0.25) is 0 Å². The molecule has 0 bridgehead atoms. The van der Waals surface area contributed by atoms with E-state index in [1.165, 1.54) is 0 Å². The molecule has 0 aliphatic heterocycles. The highest BCUT2D eigenvalue weighted by Gasteiger charge is 2.26. The molecule has 0 aliphatic rings. The molecule has 0 saturated heterocycles. The van der Waals surface area contributed by atoms with Crippen molar-refractivity contribution in [3.8, 4) is 5.75 Å². The second-order valence-electron chi connectivity index (χ2n) is 5.24. The molecule has 1 aromatic carbocycles. The Kier molecular flexibility index (Phi) is 6.03. The summed E-state index contributed by atoms with van der Waals surface area (Å²) in [6, 6.07) is 4.14. The van der Waals surface area contributed by atoms with Crippen LogP contribution in [0.5, 0.6) is 5.75 Å². The number of carboxylic acids is 1. The Morgan fingerprint density at radius 1 is 1.29 bits per heavy atom.